The zero-order valence-electron chi connectivity index (χ0n) is 18.2. The minimum atomic E-state index is -0.472. The Morgan fingerprint density at radius 1 is 1.00 bits per heavy atom. The number of carbonyl (C=O) groups is 2. The first-order valence-electron chi connectivity index (χ1n) is 9.76. The van der Waals surface area contributed by atoms with Gasteiger partial charge in [-0.2, -0.15) is 0 Å². The number of ether oxygens (including phenoxy) is 2. The molecule has 2 amide bonds. The van der Waals surface area contributed by atoms with Crippen LogP contribution in [-0.4, -0.2) is 30.1 Å². The molecule has 0 aliphatic heterocycles. The summed E-state index contributed by atoms with van der Waals surface area (Å²) in [4.78, 5) is 24.6. The van der Waals surface area contributed by atoms with E-state index in [1.807, 2.05) is 25.1 Å². The van der Waals surface area contributed by atoms with E-state index in [0.717, 1.165) is 14.5 Å². The first-order valence-corrected chi connectivity index (χ1v) is 11.8. The van der Waals surface area contributed by atoms with Gasteiger partial charge in [-0.15, -0.1) is 0 Å². The molecule has 0 heterocycles. The van der Waals surface area contributed by atoms with Crippen LogP contribution in [0.4, 0.5) is 0 Å². The highest BCUT2D eigenvalue weighted by Gasteiger charge is 2.17. The molecule has 2 aromatic rings. The summed E-state index contributed by atoms with van der Waals surface area (Å²) in [5.74, 6) is 0.0325. The van der Waals surface area contributed by atoms with E-state index in [0.29, 0.717) is 23.7 Å². The van der Waals surface area contributed by atoms with Crippen molar-refractivity contribution in [3.8, 4) is 11.5 Å². The lowest BCUT2D eigenvalue weighted by atomic mass is 9.87. The van der Waals surface area contributed by atoms with Gasteiger partial charge in [0.15, 0.2) is 11.7 Å². The first-order chi connectivity index (χ1) is 15.0. The average molecular weight is 587 g/mol. The van der Waals surface area contributed by atoms with Gasteiger partial charge in [-0.05, 0) is 76.4 Å². The maximum atomic E-state index is 12.5. The van der Waals surface area contributed by atoms with E-state index in [4.69, 9.17) is 21.7 Å². The second kappa shape index (κ2) is 11.6. The number of nitrogens with one attached hydrogen (secondary N) is 3. The van der Waals surface area contributed by atoms with Gasteiger partial charge >= 0.3 is 0 Å². The predicted octanol–water partition coefficient (Wildman–Crippen LogP) is 4.62. The minimum Gasteiger partial charge on any atom is -0.493 e. The number of hydrazine groups is 1. The van der Waals surface area contributed by atoms with Crippen LogP contribution < -0.4 is 25.6 Å². The summed E-state index contributed by atoms with van der Waals surface area (Å²) in [7, 11) is 0. The van der Waals surface area contributed by atoms with Crippen LogP contribution in [0.3, 0.4) is 0 Å². The van der Waals surface area contributed by atoms with Gasteiger partial charge in [-0.1, -0.05) is 42.8 Å². The smallest absolute Gasteiger partial charge is 0.276 e. The number of amides is 2. The number of hydrogen-bond acceptors (Lipinski definition) is 5. The maximum absolute atomic E-state index is 12.5. The van der Waals surface area contributed by atoms with Crippen molar-refractivity contribution in [1.29, 1.82) is 0 Å². The summed E-state index contributed by atoms with van der Waals surface area (Å²) in [6, 6.07) is 10.8. The van der Waals surface area contributed by atoms with E-state index in [1.54, 1.807) is 18.2 Å². The van der Waals surface area contributed by atoms with Crippen LogP contribution >= 0.6 is 44.1 Å². The van der Waals surface area contributed by atoms with Crippen molar-refractivity contribution in [2.75, 3.05) is 13.2 Å². The molecule has 0 unspecified atom stereocenters. The Morgan fingerprint density at radius 3 is 2.31 bits per heavy atom. The van der Waals surface area contributed by atoms with Gasteiger partial charge in [-0.3, -0.25) is 25.8 Å². The second-order valence-electron chi connectivity index (χ2n) is 7.71. The maximum Gasteiger partial charge on any atom is 0.276 e. The average Bonchev–Trinajstić information content (AvgIpc) is 2.72. The third-order valence-corrected chi connectivity index (χ3v) is 5.50. The highest BCUT2D eigenvalue weighted by atomic mass is 79.9. The highest BCUT2D eigenvalue weighted by Crippen LogP contribution is 2.31. The quantitative estimate of drug-likeness (QED) is 0.338. The monoisotopic (exact) mass is 585 g/mol. The van der Waals surface area contributed by atoms with Crippen molar-refractivity contribution < 1.29 is 19.1 Å². The van der Waals surface area contributed by atoms with Crippen molar-refractivity contribution in [3.05, 3.63) is 56.5 Å². The summed E-state index contributed by atoms with van der Waals surface area (Å²) in [5, 5.41) is 2.43. The van der Waals surface area contributed by atoms with Gasteiger partial charge in [0.25, 0.3) is 11.8 Å². The van der Waals surface area contributed by atoms with Gasteiger partial charge in [0.05, 0.1) is 16.6 Å². The fraction of sp³-hybridized carbons (Fsp3) is 0.318. The van der Waals surface area contributed by atoms with Gasteiger partial charge in [0, 0.05) is 4.47 Å². The highest BCUT2D eigenvalue weighted by molar-refractivity contribution is 9.10. The van der Waals surface area contributed by atoms with Crippen molar-refractivity contribution in [2.45, 2.75) is 33.1 Å². The molecule has 172 valence electrons. The number of carbonyl (C=O) groups excluding carboxylic acids is 2. The molecule has 7 nitrogen and oxygen atoms in total. The molecule has 0 aliphatic carbocycles. The molecule has 0 aliphatic rings. The normalized spacial score (nSPS) is 10.8. The van der Waals surface area contributed by atoms with E-state index >= 15 is 0 Å². The fourth-order valence-electron chi connectivity index (χ4n) is 2.55. The summed E-state index contributed by atoms with van der Waals surface area (Å²) in [6.45, 7) is 8.34. The third kappa shape index (κ3) is 7.75. The van der Waals surface area contributed by atoms with Crippen LogP contribution in [-0.2, 0) is 10.2 Å². The molecule has 0 atom stereocenters. The summed E-state index contributed by atoms with van der Waals surface area (Å²) >= 11 is 11.9. The van der Waals surface area contributed by atoms with E-state index in [-0.39, 0.29) is 17.1 Å². The van der Waals surface area contributed by atoms with Gasteiger partial charge in [0.1, 0.15) is 11.5 Å². The van der Waals surface area contributed by atoms with Gasteiger partial charge in [0.2, 0.25) is 0 Å². The van der Waals surface area contributed by atoms with Crippen LogP contribution in [0.25, 0.3) is 0 Å². The number of benzene rings is 2. The van der Waals surface area contributed by atoms with Crippen molar-refractivity contribution in [2.24, 2.45) is 0 Å². The van der Waals surface area contributed by atoms with E-state index in [9.17, 15) is 9.59 Å². The molecule has 0 saturated heterocycles. The molecule has 3 N–H and O–H groups in total. The van der Waals surface area contributed by atoms with Crippen LogP contribution in [0.15, 0.2) is 45.3 Å². The van der Waals surface area contributed by atoms with Crippen molar-refractivity contribution >= 4 is 61.0 Å². The van der Waals surface area contributed by atoms with Crippen LogP contribution in [0, 0.1) is 0 Å². The lowest BCUT2D eigenvalue weighted by Gasteiger charge is -2.20. The predicted molar refractivity (Wildman–Crippen MR) is 135 cm³/mol. The molecule has 0 fully saturated rings. The zero-order chi connectivity index (χ0) is 23.9. The Kier molecular flexibility index (Phi) is 9.47. The van der Waals surface area contributed by atoms with Crippen LogP contribution in [0.2, 0.25) is 0 Å². The molecule has 2 rings (SSSR count). The van der Waals surface area contributed by atoms with Gasteiger partial charge in [-0.25, -0.2) is 0 Å². The Labute approximate surface area is 209 Å². The van der Waals surface area contributed by atoms with Crippen LogP contribution in [0.1, 0.15) is 43.6 Å². The molecule has 10 heteroatoms. The molecular formula is C22H25Br2N3O4S. The molecule has 0 aromatic heterocycles. The SMILES string of the molecule is CCOc1ccc(Br)cc1C(=O)NC(=S)NNC(=O)COc1ccc(C(C)(C)C)cc1Br. The molecule has 32 heavy (non-hydrogen) atoms. The van der Waals surface area contributed by atoms with Crippen LogP contribution in [0.5, 0.6) is 11.5 Å². The Morgan fingerprint density at radius 2 is 1.69 bits per heavy atom. The largest absolute Gasteiger partial charge is 0.493 e. The Balaban J connectivity index is 1.85. The molecule has 0 radical (unpaired) electrons. The molecule has 0 spiro atoms. The lowest BCUT2D eigenvalue weighted by molar-refractivity contribution is -0.123. The van der Waals surface area contributed by atoms with E-state index in [1.165, 1.54) is 0 Å². The molecule has 0 bridgehead atoms. The summed E-state index contributed by atoms with van der Waals surface area (Å²) in [6.07, 6.45) is 0. The molecular weight excluding hydrogens is 562 g/mol. The lowest BCUT2D eigenvalue weighted by Crippen LogP contribution is -2.49. The third-order valence-electron chi connectivity index (χ3n) is 4.19. The Bertz CT molecular complexity index is 1010. The topological polar surface area (TPSA) is 88.7 Å². The molecule has 2 aromatic carbocycles. The van der Waals surface area contributed by atoms with E-state index < -0.39 is 11.8 Å². The Hall–Kier alpha value is -2.17. The number of halogens is 2. The van der Waals surface area contributed by atoms with Crippen molar-refractivity contribution in [1.82, 2.24) is 16.2 Å². The summed E-state index contributed by atoms with van der Waals surface area (Å²) in [5.41, 5.74) is 6.33. The first kappa shape index (κ1) is 26.1. The zero-order valence-corrected chi connectivity index (χ0v) is 22.2. The summed E-state index contributed by atoms with van der Waals surface area (Å²) < 4.78 is 12.5. The molecule has 0 saturated carbocycles. The van der Waals surface area contributed by atoms with E-state index in [2.05, 4.69) is 68.8 Å². The second-order valence-corrected chi connectivity index (χ2v) is 9.89. The fourth-order valence-corrected chi connectivity index (χ4v) is 3.55. The number of hydrogen-bond donors (Lipinski definition) is 3. The standard InChI is InChI=1S/C22H25Br2N3O4S/c1-5-30-17-9-7-14(23)11-15(17)20(29)25-21(32)27-26-19(28)12-31-18-8-6-13(10-16(18)24)22(2,3)4/h6-11H,5,12H2,1-4H3,(H,26,28)(H2,25,27,29,32). The van der Waals surface area contributed by atoms with Crippen molar-refractivity contribution in [3.63, 3.8) is 0 Å². The van der Waals surface area contributed by atoms with Gasteiger partial charge < -0.3 is 9.47 Å². The minimum absolute atomic E-state index is 0.00172. The number of thiocarbonyl (C=S) groups is 1. The number of rotatable bonds is 6.